The van der Waals surface area contributed by atoms with Gasteiger partial charge >= 0.3 is 27.2 Å². The first-order valence-corrected chi connectivity index (χ1v) is 8.78. The standard InChI is InChI=1S/C13H16F6O3S/c14-11(15,12(16,17)13(18,19)23(20,21)22)10-4-7-1-8(5-10)3-9(2-7)6-10/h7-9H,1-6H2,(H,20,21,22). The van der Waals surface area contributed by atoms with Crippen molar-refractivity contribution in [3.63, 3.8) is 0 Å². The molecule has 4 saturated carbocycles. The van der Waals surface area contributed by atoms with E-state index in [9.17, 15) is 34.8 Å². The number of halogens is 6. The third kappa shape index (κ3) is 2.09. The van der Waals surface area contributed by atoms with Crippen LogP contribution in [-0.2, 0) is 10.1 Å². The van der Waals surface area contributed by atoms with E-state index in [1.54, 1.807) is 0 Å². The summed E-state index contributed by atoms with van der Waals surface area (Å²) in [4.78, 5) is 0. The van der Waals surface area contributed by atoms with E-state index in [4.69, 9.17) is 4.55 Å². The largest absolute Gasteiger partial charge is 0.437 e. The van der Waals surface area contributed by atoms with Gasteiger partial charge in [0.25, 0.3) is 0 Å². The second-order valence-corrected chi connectivity index (χ2v) is 8.80. The Hall–Kier alpha value is -0.510. The lowest BCUT2D eigenvalue weighted by atomic mass is 9.47. The normalized spacial score (nSPS) is 38.1. The van der Waals surface area contributed by atoms with Crippen molar-refractivity contribution in [3.8, 4) is 0 Å². The molecule has 4 rings (SSSR count). The Morgan fingerprint density at radius 3 is 1.48 bits per heavy atom. The van der Waals surface area contributed by atoms with Gasteiger partial charge in [-0.3, -0.25) is 4.55 Å². The van der Waals surface area contributed by atoms with Crippen LogP contribution in [0.1, 0.15) is 38.5 Å². The average Bonchev–Trinajstić information content (AvgIpc) is 2.34. The third-order valence-corrected chi connectivity index (χ3v) is 6.69. The summed E-state index contributed by atoms with van der Waals surface area (Å²) < 4.78 is 113. The summed E-state index contributed by atoms with van der Waals surface area (Å²) in [5.41, 5.74) is -2.33. The minimum absolute atomic E-state index is 0.220. The van der Waals surface area contributed by atoms with Gasteiger partial charge in [-0.25, -0.2) is 0 Å². The van der Waals surface area contributed by atoms with Crippen LogP contribution in [0.4, 0.5) is 26.3 Å². The molecule has 4 aliphatic carbocycles. The molecule has 4 aliphatic rings. The molecule has 0 heterocycles. The van der Waals surface area contributed by atoms with Crippen molar-refractivity contribution >= 4 is 10.1 Å². The smallest absolute Gasteiger partial charge is 0.281 e. The number of hydrogen-bond acceptors (Lipinski definition) is 2. The van der Waals surface area contributed by atoms with Gasteiger partial charge in [-0.2, -0.15) is 34.8 Å². The molecule has 3 nitrogen and oxygen atoms in total. The summed E-state index contributed by atoms with van der Waals surface area (Å²) in [6.07, 6.45) is 0.913. The molecule has 23 heavy (non-hydrogen) atoms. The topological polar surface area (TPSA) is 54.4 Å². The molecular formula is C13H16F6O3S. The maximum atomic E-state index is 14.6. The predicted octanol–water partition coefficient (Wildman–Crippen LogP) is 3.95. The Morgan fingerprint density at radius 1 is 0.826 bits per heavy atom. The monoisotopic (exact) mass is 366 g/mol. The molecule has 0 spiro atoms. The fraction of sp³-hybridized carbons (Fsp3) is 1.00. The summed E-state index contributed by atoms with van der Waals surface area (Å²) in [7, 11) is -6.68. The number of hydrogen-bond donors (Lipinski definition) is 1. The van der Waals surface area contributed by atoms with Crippen LogP contribution in [0.15, 0.2) is 0 Å². The van der Waals surface area contributed by atoms with Crippen LogP contribution in [0.3, 0.4) is 0 Å². The van der Waals surface area contributed by atoms with Gasteiger partial charge < -0.3 is 0 Å². The second kappa shape index (κ2) is 4.56. The first kappa shape index (κ1) is 17.3. The van der Waals surface area contributed by atoms with Crippen molar-refractivity contribution in [2.75, 3.05) is 0 Å². The molecule has 0 aromatic rings. The van der Waals surface area contributed by atoms with Crippen LogP contribution >= 0.6 is 0 Å². The Kier molecular flexibility index (Phi) is 3.43. The van der Waals surface area contributed by atoms with Crippen molar-refractivity contribution in [2.45, 2.75) is 55.6 Å². The molecule has 10 heteroatoms. The summed E-state index contributed by atoms with van der Waals surface area (Å²) in [5.74, 6) is -12.1. The molecule has 1 N–H and O–H groups in total. The lowest BCUT2D eigenvalue weighted by molar-refractivity contribution is -0.342. The molecule has 0 aliphatic heterocycles. The van der Waals surface area contributed by atoms with E-state index in [2.05, 4.69) is 0 Å². The minimum Gasteiger partial charge on any atom is -0.281 e. The second-order valence-electron chi connectivity index (χ2n) is 7.34. The van der Waals surface area contributed by atoms with Crippen molar-refractivity contribution in [3.05, 3.63) is 0 Å². The predicted molar refractivity (Wildman–Crippen MR) is 67.0 cm³/mol. The molecule has 0 unspecified atom stereocenters. The molecule has 0 atom stereocenters. The minimum atomic E-state index is -6.68. The molecule has 0 radical (unpaired) electrons. The quantitative estimate of drug-likeness (QED) is 0.605. The van der Waals surface area contributed by atoms with E-state index in [-0.39, 0.29) is 37.0 Å². The van der Waals surface area contributed by atoms with Crippen molar-refractivity contribution in [2.24, 2.45) is 23.2 Å². The van der Waals surface area contributed by atoms with Crippen molar-refractivity contribution in [1.29, 1.82) is 0 Å². The van der Waals surface area contributed by atoms with E-state index in [1.165, 1.54) is 0 Å². The molecule has 0 aromatic heterocycles. The highest BCUT2D eigenvalue weighted by atomic mass is 32.2. The number of alkyl halides is 6. The van der Waals surface area contributed by atoms with Gasteiger partial charge in [0.2, 0.25) is 0 Å². The maximum absolute atomic E-state index is 14.6. The first-order chi connectivity index (χ1) is 10.2. The SMILES string of the molecule is O=S(=O)(O)C(F)(F)C(F)(F)C(F)(F)C12CC3CC(CC(C3)C1)C2. The molecule has 4 bridgehead atoms. The summed E-state index contributed by atoms with van der Waals surface area (Å²) in [5, 5.41) is -6.24. The van der Waals surface area contributed by atoms with Crippen LogP contribution in [0.5, 0.6) is 0 Å². The van der Waals surface area contributed by atoms with Crippen molar-refractivity contribution < 1.29 is 39.3 Å². The average molecular weight is 366 g/mol. The van der Waals surface area contributed by atoms with Gasteiger partial charge in [-0.05, 0) is 56.3 Å². The lowest BCUT2D eigenvalue weighted by Crippen LogP contribution is -2.67. The van der Waals surface area contributed by atoms with Crippen LogP contribution in [0.2, 0.25) is 0 Å². The Morgan fingerprint density at radius 2 is 1.17 bits per heavy atom. The maximum Gasteiger partial charge on any atom is 0.437 e. The molecule has 0 aromatic carbocycles. The lowest BCUT2D eigenvalue weighted by Gasteiger charge is -2.59. The Bertz CT molecular complexity index is 580. The van der Waals surface area contributed by atoms with E-state index in [1.807, 2.05) is 0 Å². The van der Waals surface area contributed by atoms with Crippen LogP contribution in [0, 0.1) is 23.2 Å². The van der Waals surface area contributed by atoms with Gasteiger partial charge in [0, 0.05) is 5.41 Å². The van der Waals surface area contributed by atoms with Gasteiger partial charge in [0.05, 0.1) is 0 Å². The van der Waals surface area contributed by atoms with Gasteiger partial charge in [0.15, 0.2) is 0 Å². The molecule has 0 saturated heterocycles. The fourth-order valence-electron chi connectivity index (χ4n) is 5.17. The first-order valence-electron chi connectivity index (χ1n) is 7.34. The van der Waals surface area contributed by atoms with Crippen LogP contribution in [0.25, 0.3) is 0 Å². The van der Waals surface area contributed by atoms with Crippen molar-refractivity contribution in [1.82, 2.24) is 0 Å². The molecule has 4 fully saturated rings. The molecule has 0 amide bonds. The van der Waals surface area contributed by atoms with Crippen LogP contribution < -0.4 is 0 Å². The van der Waals surface area contributed by atoms with Gasteiger partial charge in [-0.15, -0.1) is 0 Å². The summed E-state index contributed by atoms with van der Waals surface area (Å²) >= 11 is 0. The van der Waals surface area contributed by atoms with E-state index >= 15 is 0 Å². The zero-order valence-corrected chi connectivity index (χ0v) is 12.7. The van der Waals surface area contributed by atoms with Gasteiger partial charge in [0.1, 0.15) is 0 Å². The van der Waals surface area contributed by atoms with E-state index < -0.39 is 32.6 Å². The zero-order chi connectivity index (χ0) is 17.5. The highest BCUT2D eigenvalue weighted by Gasteiger charge is 2.83. The summed E-state index contributed by atoms with van der Waals surface area (Å²) in [6.45, 7) is 0. The Balaban J connectivity index is 2.04. The van der Waals surface area contributed by atoms with Crippen LogP contribution in [-0.4, -0.2) is 30.1 Å². The van der Waals surface area contributed by atoms with E-state index in [0.29, 0.717) is 19.3 Å². The zero-order valence-electron chi connectivity index (χ0n) is 11.9. The third-order valence-electron chi connectivity index (χ3n) is 5.79. The molecular weight excluding hydrogens is 350 g/mol. The van der Waals surface area contributed by atoms with E-state index in [0.717, 1.165) is 0 Å². The summed E-state index contributed by atoms with van der Waals surface area (Å²) in [6, 6.07) is 0. The highest BCUT2D eigenvalue weighted by molar-refractivity contribution is 7.87. The van der Waals surface area contributed by atoms with Gasteiger partial charge in [-0.1, -0.05) is 0 Å². The Labute approximate surface area is 129 Å². The molecule has 134 valence electrons. The fourth-order valence-corrected chi connectivity index (χ4v) is 5.63. The highest BCUT2D eigenvalue weighted by Crippen LogP contribution is 2.69. The number of rotatable bonds is 4.